The number of carbonyl (C=O) groups excluding carboxylic acids is 3. The molecule has 2 aromatic carbocycles. The fraction of sp³-hybridized carbons (Fsp3) is 0.211. The van der Waals surface area contributed by atoms with Gasteiger partial charge >= 0.3 is 5.97 Å². The van der Waals surface area contributed by atoms with Crippen molar-refractivity contribution < 1.29 is 19.1 Å². The summed E-state index contributed by atoms with van der Waals surface area (Å²) in [6, 6.07) is 13.3. The largest absolute Gasteiger partial charge is 0.465 e. The lowest BCUT2D eigenvalue weighted by molar-refractivity contribution is -0.117. The molecule has 0 atom stereocenters. The highest BCUT2D eigenvalue weighted by Crippen LogP contribution is 2.18. The number of esters is 1. The summed E-state index contributed by atoms with van der Waals surface area (Å²) in [4.78, 5) is 37.2. The third-order valence-electron chi connectivity index (χ3n) is 3.65. The van der Waals surface area contributed by atoms with E-state index in [1.807, 2.05) is 0 Å². The summed E-state index contributed by atoms with van der Waals surface area (Å²) in [5, 5.41) is 3.32. The predicted molar refractivity (Wildman–Crippen MR) is 101 cm³/mol. The SMILES string of the molecule is COC(=O)c1cccc(N(CCC(=O)Nc2ccc(Cl)cc2)C(C)=O)c1. The number of anilines is 2. The van der Waals surface area contributed by atoms with Gasteiger partial charge in [-0.2, -0.15) is 0 Å². The van der Waals surface area contributed by atoms with Gasteiger partial charge in [0.25, 0.3) is 0 Å². The maximum Gasteiger partial charge on any atom is 0.337 e. The van der Waals surface area contributed by atoms with Gasteiger partial charge in [-0.15, -0.1) is 0 Å². The number of nitrogens with one attached hydrogen (secondary N) is 1. The molecule has 0 heterocycles. The van der Waals surface area contributed by atoms with Crippen molar-refractivity contribution in [2.45, 2.75) is 13.3 Å². The molecule has 2 aromatic rings. The molecule has 136 valence electrons. The summed E-state index contributed by atoms with van der Waals surface area (Å²) < 4.78 is 4.69. The van der Waals surface area contributed by atoms with E-state index in [2.05, 4.69) is 10.1 Å². The van der Waals surface area contributed by atoms with Crippen molar-refractivity contribution >= 4 is 40.8 Å². The molecule has 0 aliphatic heterocycles. The molecule has 0 aromatic heterocycles. The number of carbonyl (C=O) groups is 3. The molecule has 0 saturated heterocycles. The topological polar surface area (TPSA) is 75.7 Å². The fourth-order valence-corrected chi connectivity index (χ4v) is 2.48. The number of hydrogen-bond acceptors (Lipinski definition) is 4. The molecule has 0 fully saturated rings. The lowest BCUT2D eigenvalue weighted by Crippen LogP contribution is -2.32. The number of rotatable bonds is 6. The fourth-order valence-electron chi connectivity index (χ4n) is 2.36. The molecule has 7 heteroatoms. The minimum Gasteiger partial charge on any atom is -0.465 e. The molecule has 0 bridgehead atoms. The molecule has 0 radical (unpaired) electrons. The van der Waals surface area contributed by atoms with Crippen LogP contribution in [0.3, 0.4) is 0 Å². The molecule has 1 N–H and O–H groups in total. The number of halogens is 1. The lowest BCUT2D eigenvalue weighted by Gasteiger charge is -2.21. The second-order valence-electron chi connectivity index (χ2n) is 5.52. The molecular weight excluding hydrogens is 356 g/mol. The van der Waals surface area contributed by atoms with Crippen molar-refractivity contribution in [2.75, 3.05) is 23.9 Å². The molecule has 2 rings (SSSR count). The van der Waals surface area contributed by atoms with Crippen LogP contribution in [0, 0.1) is 0 Å². The van der Waals surface area contributed by atoms with Gasteiger partial charge in [0.05, 0.1) is 12.7 Å². The van der Waals surface area contributed by atoms with Gasteiger partial charge in [0.2, 0.25) is 11.8 Å². The first-order valence-electron chi connectivity index (χ1n) is 7.92. The first-order chi connectivity index (χ1) is 12.4. The van der Waals surface area contributed by atoms with Gasteiger partial charge in [-0.25, -0.2) is 4.79 Å². The normalized spacial score (nSPS) is 10.1. The Kier molecular flexibility index (Phi) is 6.74. The van der Waals surface area contributed by atoms with Crippen molar-refractivity contribution in [3.8, 4) is 0 Å². The van der Waals surface area contributed by atoms with Crippen LogP contribution in [0.5, 0.6) is 0 Å². The number of hydrogen-bond donors (Lipinski definition) is 1. The third-order valence-corrected chi connectivity index (χ3v) is 3.90. The number of methoxy groups -OCH3 is 1. The lowest BCUT2D eigenvalue weighted by atomic mass is 10.1. The Hall–Kier alpha value is -2.86. The van der Waals surface area contributed by atoms with Gasteiger partial charge in [-0.05, 0) is 42.5 Å². The average molecular weight is 375 g/mol. The van der Waals surface area contributed by atoms with E-state index in [0.29, 0.717) is 22.0 Å². The van der Waals surface area contributed by atoms with Crippen LogP contribution in [0.1, 0.15) is 23.7 Å². The molecule has 0 unspecified atom stereocenters. The Balaban J connectivity index is 2.04. The monoisotopic (exact) mass is 374 g/mol. The first kappa shape index (κ1) is 19.5. The maximum absolute atomic E-state index is 12.1. The van der Waals surface area contributed by atoms with E-state index in [-0.39, 0.29) is 24.8 Å². The summed E-state index contributed by atoms with van der Waals surface area (Å²) in [7, 11) is 1.29. The maximum atomic E-state index is 12.1. The van der Waals surface area contributed by atoms with Crippen LogP contribution in [0.15, 0.2) is 48.5 Å². The van der Waals surface area contributed by atoms with E-state index < -0.39 is 5.97 Å². The van der Waals surface area contributed by atoms with Crippen LogP contribution >= 0.6 is 11.6 Å². The molecule has 2 amide bonds. The Morgan fingerprint density at radius 3 is 2.42 bits per heavy atom. The van der Waals surface area contributed by atoms with E-state index in [1.54, 1.807) is 48.5 Å². The Bertz CT molecular complexity index is 805. The van der Waals surface area contributed by atoms with E-state index in [1.165, 1.54) is 18.9 Å². The first-order valence-corrected chi connectivity index (χ1v) is 8.30. The van der Waals surface area contributed by atoms with Gasteiger partial charge in [0, 0.05) is 36.3 Å². The zero-order chi connectivity index (χ0) is 19.1. The van der Waals surface area contributed by atoms with Crippen molar-refractivity contribution in [3.63, 3.8) is 0 Å². The molecule has 0 spiro atoms. The van der Waals surface area contributed by atoms with E-state index in [0.717, 1.165) is 0 Å². The highest BCUT2D eigenvalue weighted by atomic mass is 35.5. The second-order valence-corrected chi connectivity index (χ2v) is 5.95. The van der Waals surface area contributed by atoms with Crippen molar-refractivity contribution in [1.29, 1.82) is 0 Å². The van der Waals surface area contributed by atoms with E-state index in [9.17, 15) is 14.4 Å². The quantitative estimate of drug-likeness (QED) is 0.785. The van der Waals surface area contributed by atoms with Gasteiger partial charge in [0.15, 0.2) is 0 Å². The van der Waals surface area contributed by atoms with Crippen LogP contribution < -0.4 is 10.2 Å². The minimum absolute atomic E-state index is 0.102. The molecule has 6 nitrogen and oxygen atoms in total. The van der Waals surface area contributed by atoms with E-state index >= 15 is 0 Å². The van der Waals surface area contributed by atoms with Crippen molar-refractivity contribution in [3.05, 3.63) is 59.1 Å². The Labute approximate surface area is 156 Å². The third kappa shape index (κ3) is 5.32. The van der Waals surface area contributed by atoms with Crippen LogP contribution in [0.25, 0.3) is 0 Å². The molecular formula is C19H19ClN2O4. The molecule has 0 aliphatic rings. The summed E-state index contributed by atoms with van der Waals surface area (Å²) in [6.45, 7) is 1.58. The molecule has 26 heavy (non-hydrogen) atoms. The highest BCUT2D eigenvalue weighted by Gasteiger charge is 2.15. The van der Waals surface area contributed by atoms with Crippen molar-refractivity contribution in [2.24, 2.45) is 0 Å². The van der Waals surface area contributed by atoms with Gasteiger partial charge in [-0.1, -0.05) is 17.7 Å². The average Bonchev–Trinajstić information content (AvgIpc) is 2.63. The second kappa shape index (κ2) is 9.01. The number of ether oxygens (including phenoxy) is 1. The van der Waals surface area contributed by atoms with Gasteiger partial charge in [0.1, 0.15) is 0 Å². The number of amides is 2. The highest BCUT2D eigenvalue weighted by molar-refractivity contribution is 6.30. The summed E-state index contributed by atoms with van der Waals surface area (Å²) in [6.07, 6.45) is 0.102. The summed E-state index contributed by atoms with van der Waals surface area (Å²) >= 11 is 5.81. The van der Waals surface area contributed by atoms with Crippen LogP contribution in [-0.4, -0.2) is 31.4 Å². The smallest absolute Gasteiger partial charge is 0.337 e. The summed E-state index contributed by atoms with van der Waals surface area (Å²) in [5.41, 5.74) is 1.49. The zero-order valence-electron chi connectivity index (χ0n) is 14.5. The van der Waals surface area contributed by atoms with E-state index in [4.69, 9.17) is 11.6 Å². The number of benzene rings is 2. The van der Waals surface area contributed by atoms with Gasteiger partial charge in [-0.3, -0.25) is 9.59 Å². The van der Waals surface area contributed by atoms with Crippen LogP contribution in [0.4, 0.5) is 11.4 Å². The van der Waals surface area contributed by atoms with Crippen LogP contribution in [0.2, 0.25) is 5.02 Å². The summed E-state index contributed by atoms with van der Waals surface area (Å²) in [5.74, 6) is -0.954. The van der Waals surface area contributed by atoms with Crippen LogP contribution in [-0.2, 0) is 14.3 Å². The Morgan fingerprint density at radius 2 is 1.81 bits per heavy atom. The molecule has 0 aliphatic carbocycles. The minimum atomic E-state index is -0.490. The predicted octanol–water partition coefficient (Wildman–Crippen LogP) is 3.51. The zero-order valence-corrected chi connectivity index (χ0v) is 15.2. The number of nitrogens with zero attached hydrogens (tertiary/aromatic N) is 1. The standard InChI is InChI=1S/C19H19ClN2O4/c1-13(23)22(17-5-3-4-14(12-17)19(25)26-2)11-10-18(24)21-16-8-6-15(20)7-9-16/h3-9,12H,10-11H2,1-2H3,(H,21,24). The molecule has 0 saturated carbocycles. The van der Waals surface area contributed by atoms with Gasteiger partial charge < -0.3 is 15.0 Å². The van der Waals surface area contributed by atoms with Crippen molar-refractivity contribution in [1.82, 2.24) is 0 Å². The Morgan fingerprint density at radius 1 is 1.12 bits per heavy atom.